The van der Waals surface area contributed by atoms with Crippen LogP contribution in [0.4, 0.5) is 0 Å². The van der Waals surface area contributed by atoms with Crippen LogP contribution in [0.5, 0.6) is 0 Å². The molecule has 0 saturated heterocycles. The summed E-state index contributed by atoms with van der Waals surface area (Å²) in [5.74, 6) is 3.50. The summed E-state index contributed by atoms with van der Waals surface area (Å²) in [4.78, 5) is 0. The highest BCUT2D eigenvalue weighted by Crippen LogP contribution is 2.25. The molecule has 4 heteroatoms. The minimum atomic E-state index is -0.0593. The number of rotatable bonds is 6. The molecule has 18 heavy (non-hydrogen) atoms. The van der Waals surface area contributed by atoms with Crippen molar-refractivity contribution in [2.24, 2.45) is 0 Å². The quantitative estimate of drug-likeness (QED) is 0.855. The highest BCUT2D eigenvalue weighted by Gasteiger charge is 2.19. The SMILES string of the molecule is CCc1ccc(C(NC)c2ccc(COC)o2)o1. The summed E-state index contributed by atoms with van der Waals surface area (Å²) in [5.41, 5.74) is 0. The Bertz CT molecular complexity index is 487. The molecule has 0 saturated carbocycles. The highest BCUT2D eigenvalue weighted by molar-refractivity contribution is 5.21. The van der Waals surface area contributed by atoms with E-state index in [-0.39, 0.29) is 6.04 Å². The Morgan fingerprint density at radius 3 is 2.22 bits per heavy atom. The molecule has 1 N–H and O–H groups in total. The van der Waals surface area contributed by atoms with Crippen molar-refractivity contribution >= 4 is 0 Å². The van der Waals surface area contributed by atoms with Crippen LogP contribution in [0.15, 0.2) is 33.1 Å². The lowest BCUT2D eigenvalue weighted by Crippen LogP contribution is -2.16. The zero-order chi connectivity index (χ0) is 13.0. The van der Waals surface area contributed by atoms with Gasteiger partial charge in [0.2, 0.25) is 0 Å². The summed E-state index contributed by atoms with van der Waals surface area (Å²) in [7, 11) is 3.54. The van der Waals surface area contributed by atoms with Gasteiger partial charge in [-0.2, -0.15) is 0 Å². The van der Waals surface area contributed by atoms with Crippen molar-refractivity contribution in [1.29, 1.82) is 0 Å². The van der Waals surface area contributed by atoms with E-state index in [0.29, 0.717) is 6.61 Å². The van der Waals surface area contributed by atoms with E-state index < -0.39 is 0 Å². The van der Waals surface area contributed by atoms with Gasteiger partial charge in [-0.1, -0.05) is 6.92 Å². The fourth-order valence-corrected chi connectivity index (χ4v) is 1.93. The molecular formula is C14H19NO3. The number of nitrogens with one attached hydrogen (secondary N) is 1. The maximum absolute atomic E-state index is 5.76. The zero-order valence-electron chi connectivity index (χ0n) is 11.0. The van der Waals surface area contributed by atoms with Gasteiger partial charge in [0, 0.05) is 13.5 Å². The lowest BCUT2D eigenvalue weighted by atomic mass is 10.2. The molecule has 0 fully saturated rings. The van der Waals surface area contributed by atoms with Crippen LogP contribution in [-0.2, 0) is 17.8 Å². The third-order valence-corrected chi connectivity index (χ3v) is 2.86. The lowest BCUT2D eigenvalue weighted by Gasteiger charge is -2.10. The lowest BCUT2D eigenvalue weighted by molar-refractivity contribution is 0.161. The molecule has 0 aliphatic rings. The number of furan rings is 2. The molecule has 1 unspecified atom stereocenters. The second-order valence-electron chi connectivity index (χ2n) is 4.12. The molecule has 0 spiro atoms. The van der Waals surface area contributed by atoms with Crippen LogP contribution in [0, 0.1) is 0 Å². The number of ether oxygens (including phenoxy) is 1. The predicted molar refractivity (Wildman–Crippen MR) is 68.4 cm³/mol. The normalized spacial score (nSPS) is 12.8. The zero-order valence-corrected chi connectivity index (χ0v) is 11.0. The third kappa shape index (κ3) is 2.66. The molecule has 1 atom stereocenters. The minimum absolute atomic E-state index is 0.0593. The second kappa shape index (κ2) is 5.89. The molecule has 2 aromatic heterocycles. The predicted octanol–water partition coefficient (Wildman–Crippen LogP) is 2.89. The topological polar surface area (TPSA) is 47.5 Å². The molecule has 0 aromatic carbocycles. The molecule has 0 bridgehead atoms. The molecule has 0 aliphatic carbocycles. The largest absolute Gasteiger partial charge is 0.464 e. The van der Waals surface area contributed by atoms with E-state index in [0.717, 1.165) is 29.5 Å². The number of methoxy groups -OCH3 is 1. The van der Waals surface area contributed by atoms with Gasteiger partial charge in [0.05, 0.1) is 0 Å². The van der Waals surface area contributed by atoms with Gasteiger partial charge in [0.25, 0.3) is 0 Å². The molecule has 2 aromatic rings. The van der Waals surface area contributed by atoms with Gasteiger partial charge in [-0.15, -0.1) is 0 Å². The van der Waals surface area contributed by atoms with Crippen molar-refractivity contribution in [2.75, 3.05) is 14.2 Å². The minimum Gasteiger partial charge on any atom is -0.464 e. The van der Waals surface area contributed by atoms with Crippen molar-refractivity contribution in [3.8, 4) is 0 Å². The van der Waals surface area contributed by atoms with Gasteiger partial charge in [0.15, 0.2) is 0 Å². The van der Waals surface area contributed by atoms with Crippen LogP contribution in [0.1, 0.15) is 36.0 Å². The number of aryl methyl sites for hydroxylation is 1. The Morgan fingerprint density at radius 1 is 1.11 bits per heavy atom. The van der Waals surface area contributed by atoms with Crippen LogP contribution in [0.3, 0.4) is 0 Å². The van der Waals surface area contributed by atoms with E-state index in [2.05, 4.69) is 12.2 Å². The molecule has 0 aliphatic heterocycles. The molecule has 2 rings (SSSR count). The Labute approximate surface area is 107 Å². The summed E-state index contributed by atoms with van der Waals surface area (Å²) < 4.78 is 16.5. The standard InChI is InChI=1S/C14H19NO3/c1-4-10-5-7-12(17-10)14(15-2)13-8-6-11(18-13)9-16-3/h5-8,14-15H,4,9H2,1-3H3. The molecule has 4 nitrogen and oxygen atoms in total. The summed E-state index contributed by atoms with van der Waals surface area (Å²) in [6, 6.07) is 7.80. The van der Waals surface area contributed by atoms with E-state index in [1.807, 2.05) is 31.3 Å². The maximum atomic E-state index is 5.76. The summed E-state index contributed by atoms with van der Waals surface area (Å²) in [6.45, 7) is 2.55. The van der Waals surface area contributed by atoms with Crippen molar-refractivity contribution in [1.82, 2.24) is 5.32 Å². The molecule has 2 heterocycles. The second-order valence-corrected chi connectivity index (χ2v) is 4.12. The van der Waals surface area contributed by atoms with Crippen LogP contribution < -0.4 is 5.32 Å². The first-order valence-corrected chi connectivity index (χ1v) is 6.12. The van der Waals surface area contributed by atoms with E-state index in [4.69, 9.17) is 13.6 Å². The van der Waals surface area contributed by atoms with E-state index in [1.165, 1.54) is 0 Å². The first-order valence-electron chi connectivity index (χ1n) is 6.12. The number of hydrogen-bond acceptors (Lipinski definition) is 4. The summed E-state index contributed by atoms with van der Waals surface area (Å²) in [5, 5.41) is 3.20. The van der Waals surface area contributed by atoms with Crippen molar-refractivity contribution < 1.29 is 13.6 Å². The fourth-order valence-electron chi connectivity index (χ4n) is 1.93. The Hall–Kier alpha value is -1.52. The fraction of sp³-hybridized carbons (Fsp3) is 0.429. The summed E-state index contributed by atoms with van der Waals surface area (Å²) in [6.07, 6.45) is 0.892. The van der Waals surface area contributed by atoms with Crippen LogP contribution in [-0.4, -0.2) is 14.2 Å². The van der Waals surface area contributed by atoms with E-state index in [1.54, 1.807) is 7.11 Å². The van der Waals surface area contributed by atoms with Crippen LogP contribution in [0.25, 0.3) is 0 Å². The molecule has 0 amide bonds. The molecule has 98 valence electrons. The molecule has 0 radical (unpaired) electrons. The van der Waals surface area contributed by atoms with E-state index in [9.17, 15) is 0 Å². The Morgan fingerprint density at radius 2 is 1.72 bits per heavy atom. The van der Waals surface area contributed by atoms with Crippen molar-refractivity contribution in [3.05, 3.63) is 47.3 Å². The van der Waals surface area contributed by atoms with Gasteiger partial charge in [-0.05, 0) is 31.3 Å². The number of hydrogen-bond donors (Lipinski definition) is 1. The van der Waals surface area contributed by atoms with Gasteiger partial charge >= 0.3 is 0 Å². The molecular weight excluding hydrogens is 230 g/mol. The van der Waals surface area contributed by atoms with Crippen LogP contribution in [0.2, 0.25) is 0 Å². The maximum Gasteiger partial charge on any atom is 0.129 e. The smallest absolute Gasteiger partial charge is 0.129 e. The summed E-state index contributed by atoms with van der Waals surface area (Å²) >= 11 is 0. The van der Waals surface area contributed by atoms with E-state index >= 15 is 0 Å². The monoisotopic (exact) mass is 249 g/mol. The highest BCUT2D eigenvalue weighted by atomic mass is 16.5. The average molecular weight is 249 g/mol. The first kappa shape index (κ1) is 12.9. The third-order valence-electron chi connectivity index (χ3n) is 2.86. The first-order chi connectivity index (χ1) is 8.78. The van der Waals surface area contributed by atoms with Gasteiger partial charge in [-0.3, -0.25) is 0 Å². The Kier molecular flexibility index (Phi) is 4.23. The van der Waals surface area contributed by atoms with Gasteiger partial charge in [-0.25, -0.2) is 0 Å². The van der Waals surface area contributed by atoms with Gasteiger partial charge in [0.1, 0.15) is 35.7 Å². The van der Waals surface area contributed by atoms with Crippen molar-refractivity contribution in [3.63, 3.8) is 0 Å². The van der Waals surface area contributed by atoms with Crippen LogP contribution >= 0.6 is 0 Å². The van der Waals surface area contributed by atoms with Gasteiger partial charge < -0.3 is 18.9 Å². The average Bonchev–Trinajstić information content (AvgIpc) is 3.01. The van der Waals surface area contributed by atoms with Crippen molar-refractivity contribution in [2.45, 2.75) is 26.0 Å². The Balaban J connectivity index is 2.21.